The predicted octanol–water partition coefficient (Wildman–Crippen LogP) is 4.92. The van der Waals surface area contributed by atoms with E-state index in [2.05, 4.69) is 42.6 Å². The molecule has 2 N–H and O–H groups in total. The summed E-state index contributed by atoms with van der Waals surface area (Å²) in [6.45, 7) is 9.87. The lowest BCUT2D eigenvalue weighted by Crippen LogP contribution is -2.33. The van der Waals surface area contributed by atoms with Gasteiger partial charge in [-0.25, -0.2) is 9.31 Å². The lowest BCUT2D eigenvalue weighted by Gasteiger charge is -2.25. The van der Waals surface area contributed by atoms with E-state index in [1.165, 1.54) is 19.3 Å². The van der Waals surface area contributed by atoms with Crippen molar-refractivity contribution in [3.8, 4) is 17.7 Å². The number of nitrogens with one attached hydrogen (secondary N) is 2. The third kappa shape index (κ3) is 7.15. The molecule has 0 bridgehead atoms. The molecule has 1 aliphatic heterocycles. The quantitative estimate of drug-likeness (QED) is 0.342. The zero-order chi connectivity index (χ0) is 27.2. The van der Waals surface area contributed by atoms with Gasteiger partial charge in [-0.3, -0.25) is 10.2 Å². The molecule has 0 spiro atoms. The van der Waals surface area contributed by atoms with E-state index in [4.69, 9.17) is 9.26 Å². The van der Waals surface area contributed by atoms with E-state index in [9.17, 15) is 4.79 Å². The summed E-state index contributed by atoms with van der Waals surface area (Å²) in [5.41, 5.74) is 2.52. The lowest BCUT2D eigenvalue weighted by atomic mass is 9.93. The number of hydrogen-bond acceptors (Lipinski definition) is 7. The summed E-state index contributed by atoms with van der Waals surface area (Å²) in [5.74, 6) is 7.82. The van der Waals surface area contributed by atoms with Crippen LogP contribution in [0, 0.1) is 11.8 Å². The number of piperidine rings is 1. The fourth-order valence-corrected chi connectivity index (χ4v) is 4.21. The Morgan fingerprint density at radius 2 is 1.85 bits per heavy atom. The molecule has 1 fully saturated rings. The molecule has 2 amide bonds. The Morgan fingerprint density at radius 1 is 1.05 bits per heavy atom. The van der Waals surface area contributed by atoms with Crippen LogP contribution < -0.4 is 15.4 Å². The number of carbonyl (C=O) groups excluding carboxylic acids is 1. The molecule has 39 heavy (non-hydrogen) atoms. The number of anilines is 2. The molecule has 0 radical (unpaired) electrons. The van der Waals surface area contributed by atoms with Crippen LogP contribution in [0.5, 0.6) is 5.88 Å². The molecule has 1 aromatic carbocycles. The number of hydrogen-bond donors (Lipinski definition) is 2. The van der Waals surface area contributed by atoms with Gasteiger partial charge in [0.1, 0.15) is 18.1 Å². The second-order valence-electron chi connectivity index (χ2n) is 10.6. The van der Waals surface area contributed by atoms with Crippen LogP contribution in [-0.4, -0.2) is 56.9 Å². The summed E-state index contributed by atoms with van der Waals surface area (Å²) in [4.78, 5) is 19.3. The van der Waals surface area contributed by atoms with Crippen LogP contribution >= 0.6 is 0 Å². The van der Waals surface area contributed by atoms with Crippen molar-refractivity contribution in [2.75, 3.05) is 36.9 Å². The number of rotatable bonds is 6. The maximum absolute atomic E-state index is 12.3. The fraction of sp³-hybridized carbons (Fsp3) is 0.379. The number of urea groups is 1. The summed E-state index contributed by atoms with van der Waals surface area (Å²) in [6, 6.07) is 12.2. The second-order valence-corrected chi connectivity index (χ2v) is 10.6. The van der Waals surface area contributed by atoms with Gasteiger partial charge in [-0.15, -0.1) is 0 Å². The van der Waals surface area contributed by atoms with Crippen LogP contribution in [0.3, 0.4) is 0 Å². The highest BCUT2D eigenvalue weighted by atomic mass is 16.5. The highest BCUT2D eigenvalue weighted by molar-refractivity contribution is 5.99. The van der Waals surface area contributed by atoms with Crippen LogP contribution in [0.2, 0.25) is 0 Å². The first-order chi connectivity index (χ1) is 18.8. The van der Waals surface area contributed by atoms with Crippen molar-refractivity contribution in [1.82, 2.24) is 24.7 Å². The number of carbonyl (C=O) groups is 1. The van der Waals surface area contributed by atoms with Crippen molar-refractivity contribution in [3.63, 3.8) is 0 Å². The number of amides is 2. The first-order valence-electron chi connectivity index (χ1n) is 13.2. The Balaban J connectivity index is 1.14. The zero-order valence-electron chi connectivity index (χ0n) is 22.5. The number of nitrogens with zero attached hydrogens (tertiary/aromatic N) is 5. The zero-order valence-corrected chi connectivity index (χ0v) is 22.5. The average Bonchev–Trinajstić information content (AvgIpc) is 3.55. The molecule has 0 saturated carbocycles. The lowest BCUT2D eigenvalue weighted by molar-refractivity contribution is 0.180. The summed E-state index contributed by atoms with van der Waals surface area (Å²) in [6.07, 6.45) is 5.70. The fourth-order valence-electron chi connectivity index (χ4n) is 4.21. The van der Waals surface area contributed by atoms with E-state index in [1.54, 1.807) is 22.7 Å². The van der Waals surface area contributed by atoms with E-state index < -0.39 is 6.03 Å². The molecule has 4 heterocycles. The van der Waals surface area contributed by atoms with Gasteiger partial charge in [-0.1, -0.05) is 38.3 Å². The van der Waals surface area contributed by atoms with Crippen molar-refractivity contribution >= 4 is 23.2 Å². The highest BCUT2D eigenvalue weighted by Gasteiger charge is 2.20. The van der Waals surface area contributed by atoms with E-state index in [-0.39, 0.29) is 5.41 Å². The summed E-state index contributed by atoms with van der Waals surface area (Å²) < 4.78 is 12.9. The minimum absolute atomic E-state index is 0.191. The Kier molecular flexibility index (Phi) is 7.79. The number of likely N-dealkylation sites (tertiary alicyclic amines) is 1. The van der Waals surface area contributed by atoms with Crippen molar-refractivity contribution < 1.29 is 14.1 Å². The van der Waals surface area contributed by atoms with Crippen molar-refractivity contribution in [2.24, 2.45) is 0 Å². The third-order valence-electron chi connectivity index (χ3n) is 6.37. The molecular weight excluding hydrogens is 494 g/mol. The Hall–Kier alpha value is -4.36. The molecule has 202 valence electrons. The maximum Gasteiger partial charge on any atom is 0.324 e. The Labute approximate surface area is 227 Å². The van der Waals surface area contributed by atoms with Crippen molar-refractivity contribution in [2.45, 2.75) is 45.4 Å². The molecular formula is C29H33N7O3. The predicted molar refractivity (Wildman–Crippen MR) is 149 cm³/mol. The van der Waals surface area contributed by atoms with Crippen LogP contribution in [0.25, 0.3) is 5.65 Å². The number of aromatic nitrogens is 4. The summed E-state index contributed by atoms with van der Waals surface area (Å²) in [7, 11) is 0. The number of fused-ring (bicyclic) bond motifs is 1. The molecule has 1 aliphatic rings. The van der Waals surface area contributed by atoms with Gasteiger partial charge in [-0.05, 0) is 56.1 Å². The molecule has 10 nitrogen and oxygen atoms in total. The maximum atomic E-state index is 12.3. The normalized spacial score (nSPS) is 14.0. The van der Waals surface area contributed by atoms with Crippen molar-refractivity contribution in [3.05, 3.63) is 65.7 Å². The SMILES string of the molecule is CC(C)(C)c1cc(NC(=O)Nc2ccc(C#Cc3cc4nc(OCCN5CCCCC5)ccn4n3)cc2)no1. The minimum Gasteiger partial charge on any atom is -0.476 e. The van der Waals surface area contributed by atoms with Gasteiger partial charge in [0.05, 0.1) is 0 Å². The summed E-state index contributed by atoms with van der Waals surface area (Å²) in [5, 5.41) is 13.8. The smallest absolute Gasteiger partial charge is 0.324 e. The topological polar surface area (TPSA) is 110 Å². The highest BCUT2D eigenvalue weighted by Crippen LogP contribution is 2.24. The Morgan fingerprint density at radius 3 is 2.59 bits per heavy atom. The van der Waals surface area contributed by atoms with Gasteiger partial charge in [0, 0.05) is 47.6 Å². The van der Waals surface area contributed by atoms with Gasteiger partial charge >= 0.3 is 6.03 Å². The van der Waals surface area contributed by atoms with Crippen molar-refractivity contribution in [1.29, 1.82) is 0 Å². The van der Waals surface area contributed by atoms with Crippen LogP contribution in [0.15, 0.2) is 53.2 Å². The van der Waals surface area contributed by atoms with Crippen LogP contribution in [0.4, 0.5) is 16.3 Å². The van der Waals surface area contributed by atoms with Gasteiger partial charge in [0.2, 0.25) is 5.88 Å². The van der Waals surface area contributed by atoms with E-state index in [0.717, 1.165) is 25.2 Å². The van der Waals surface area contributed by atoms with E-state index >= 15 is 0 Å². The monoisotopic (exact) mass is 527 g/mol. The molecule has 3 aromatic heterocycles. The number of ether oxygens (including phenoxy) is 1. The first kappa shape index (κ1) is 26.3. The molecule has 5 rings (SSSR count). The summed E-state index contributed by atoms with van der Waals surface area (Å²) >= 11 is 0. The molecule has 0 atom stereocenters. The van der Waals surface area contributed by atoms with Gasteiger partial charge in [0.25, 0.3) is 0 Å². The largest absolute Gasteiger partial charge is 0.476 e. The second kappa shape index (κ2) is 11.6. The van der Waals surface area contributed by atoms with E-state index in [0.29, 0.717) is 41.1 Å². The van der Waals surface area contributed by atoms with Crippen LogP contribution in [-0.2, 0) is 5.41 Å². The molecule has 0 aliphatic carbocycles. The van der Waals surface area contributed by atoms with Gasteiger partial charge in [0.15, 0.2) is 11.5 Å². The molecule has 10 heteroatoms. The van der Waals surface area contributed by atoms with Gasteiger partial charge < -0.3 is 14.6 Å². The Bertz CT molecular complexity index is 1480. The molecule has 4 aromatic rings. The molecule has 0 unspecified atom stereocenters. The molecule has 1 saturated heterocycles. The number of benzene rings is 1. The van der Waals surface area contributed by atoms with Crippen LogP contribution in [0.1, 0.15) is 57.1 Å². The van der Waals surface area contributed by atoms with E-state index in [1.807, 2.05) is 51.2 Å². The minimum atomic E-state index is -0.408. The van der Waals surface area contributed by atoms with Gasteiger partial charge in [-0.2, -0.15) is 10.1 Å². The average molecular weight is 528 g/mol. The third-order valence-corrected chi connectivity index (χ3v) is 6.37. The first-order valence-corrected chi connectivity index (χ1v) is 13.2. The standard InChI is InChI=1S/C29H33N7O3/c1-29(2,3)24-20-25(34-39-24)31-28(37)30-22-10-7-21(8-11-22)9-12-23-19-26-32-27(13-16-36(26)33-23)38-18-17-35-14-5-4-6-15-35/h7-8,10-11,13,16,19-20H,4-6,14-15,17-18H2,1-3H3,(H2,30,31,34,37).